The van der Waals surface area contributed by atoms with Gasteiger partial charge in [-0.15, -0.1) is 0 Å². The second-order valence-corrected chi connectivity index (χ2v) is 1.52. The van der Waals surface area contributed by atoms with Crippen LogP contribution in [0.2, 0.25) is 0 Å². The number of nitrogens with one attached hydrogen (secondary N) is 1. The number of aromatic amines is 1. The molecule has 54 valence electrons. The summed E-state index contributed by atoms with van der Waals surface area (Å²) >= 11 is 0. The number of imidazole rings is 1. The topological polar surface area (TPSA) is 66.0 Å². The zero-order valence-corrected chi connectivity index (χ0v) is 4.96. The lowest BCUT2D eigenvalue weighted by Gasteiger charge is -1.89. The third-order valence-electron chi connectivity index (χ3n) is 0.802. The van der Waals surface area contributed by atoms with Crippen molar-refractivity contribution in [1.82, 2.24) is 9.97 Å². The molecule has 1 rings (SSSR count). The molecule has 0 saturated heterocycles. The largest absolute Gasteiger partial charge is 0.481 e. The Balaban J connectivity index is 3.13. The Bertz CT molecular complexity index is 336. The molecule has 0 fully saturated rings. The zero-order valence-electron chi connectivity index (χ0n) is 8.96. The van der Waals surface area contributed by atoms with Gasteiger partial charge in [-0.2, -0.15) is 0 Å². The van der Waals surface area contributed by atoms with Gasteiger partial charge in [-0.05, 0) is 6.37 Å². The molecule has 0 spiro atoms. The highest BCUT2D eigenvalue weighted by molar-refractivity contribution is 5.66. The van der Waals surface area contributed by atoms with Gasteiger partial charge in [0.15, 0.2) is 0 Å². The number of rotatable bonds is 3. The molecule has 0 aliphatic carbocycles. The van der Waals surface area contributed by atoms with Gasteiger partial charge in [0.1, 0.15) is 0 Å². The summed E-state index contributed by atoms with van der Waals surface area (Å²) in [6, 6.07) is 0. The molecule has 1 heterocycles. The van der Waals surface area contributed by atoms with Crippen LogP contribution in [0.1, 0.15) is 17.5 Å². The lowest BCUT2D eigenvalue weighted by Crippen LogP contribution is -1.97. The summed E-state index contributed by atoms with van der Waals surface area (Å²) in [5, 5.41) is 8.53. The Labute approximate surface area is 63.5 Å². The number of carboxylic acids is 1. The minimum absolute atomic E-state index is 0.204. The highest BCUT2D eigenvalue weighted by atomic mass is 16.4. The number of hydrogen-bond acceptors (Lipinski definition) is 2. The van der Waals surface area contributed by atoms with Crippen LogP contribution in [0.3, 0.4) is 0 Å². The van der Waals surface area contributed by atoms with Crippen LogP contribution < -0.4 is 0 Å². The minimum atomic E-state index is -3.00. The Morgan fingerprint density at radius 3 is 3.30 bits per heavy atom. The third kappa shape index (κ3) is 1.89. The van der Waals surface area contributed by atoms with Crippen molar-refractivity contribution in [2.45, 2.75) is 12.7 Å². The maximum Gasteiger partial charge on any atom is 0.303 e. The normalized spacial score (nSPS) is 18.4. The van der Waals surface area contributed by atoms with Crippen molar-refractivity contribution in [3.63, 3.8) is 0 Å². The van der Waals surface area contributed by atoms with E-state index in [2.05, 4.69) is 9.97 Å². The molecule has 2 N–H and O–H groups in total. The number of carboxylic acid groups (broad SMARTS) is 1. The number of carbonyl (C=O) groups is 1. The van der Waals surface area contributed by atoms with Crippen molar-refractivity contribution < 1.29 is 15.4 Å². The second kappa shape index (κ2) is 3.00. The van der Waals surface area contributed by atoms with E-state index in [0.29, 0.717) is 0 Å². The second-order valence-electron chi connectivity index (χ2n) is 1.52. The summed E-state index contributed by atoms with van der Waals surface area (Å²) in [6.45, 7) is 0. The molecular weight excluding hydrogens is 132 g/mol. The SMILES string of the molecule is [2H]C([2H])(C(=O)O)C([2H])([2H])c1cnc[nH]1. The fourth-order valence-corrected chi connectivity index (χ4v) is 0.445. The number of aliphatic carboxylic acids is 1. The van der Waals surface area contributed by atoms with E-state index in [0.717, 1.165) is 12.5 Å². The first-order chi connectivity index (χ1) is 6.30. The summed E-state index contributed by atoms with van der Waals surface area (Å²) in [4.78, 5) is 16.4. The predicted molar refractivity (Wildman–Crippen MR) is 34.5 cm³/mol. The molecule has 1 aromatic rings. The van der Waals surface area contributed by atoms with E-state index in [-0.39, 0.29) is 5.69 Å². The van der Waals surface area contributed by atoms with Gasteiger partial charge in [-0.3, -0.25) is 4.79 Å². The van der Waals surface area contributed by atoms with Crippen LogP contribution >= 0.6 is 0 Å². The summed E-state index contributed by atoms with van der Waals surface area (Å²) in [5.41, 5.74) is -0.204. The molecule has 0 atom stereocenters. The zero-order chi connectivity index (χ0) is 11.0. The summed E-state index contributed by atoms with van der Waals surface area (Å²) in [5.74, 6) is -1.85. The summed E-state index contributed by atoms with van der Waals surface area (Å²) in [7, 11) is 0. The molecule has 0 aliphatic rings. The highest BCUT2D eigenvalue weighted by Crippen LogP contribution is 1.95. The molecule has 0 aliphatic heterocycles. The first-order valence-electron chi connectivity index (χ1n) is 4.52. The van der Waals surface area contributed by atoms with Crippen molar-refractivity contribution in [3.05, 3.63) is 18.2 Å². The molecule has 0 radical (unpaired) electrons. The lowest BCUT2D eigenvalue weighted by molar-refractivity contribution is -0.136. The van der Waals surface area contributed by atoms with Crippen LogP contribution in [-0.4, -0.2) is 21.0 Å². The van der Waals surface area contributed by atoms with Crippen molar-refractivity contribution in [1.29, 1.82) is 0 Å². The van der Waals surface area contributed by atoms with E-state index in [1.165, 1.54) is 0 Å². The number of aryl methyl sites for hydroxylation is 1. The Hall–Kier alpha value is -1.32. The Kier molecular flexibility index (Phi) is 0.957. The third-order valence-corrected chi connectivity index (χ3v) is 0.802. The van der Waals surface area contributed by atoms with Gasteiger partial charge in [0.2, 0.25) is 0 Å². The molecule has 0 amide bonds. The van der Waals surface area contributed by atoms with E-state index in [1.54, 1.807) is 0 Å². The highest BCUT2D eigenvalue weighted by Gasteiger charge is 1.98. The van der Waals surface area contributed by atoms with Crippen LogP contribution in [-0.2, 0) is 11.2 Å². The molecular formula is C6H8N2O2. The van der Waals surface area contributed by atoms with Gasteiger partial charge in [0.25, 0.3) is 0 Å². The fraction of sp³-hybridized carbons (Fsp3) is 0.333. The smallest absolute Gasteiger partial charge is 0.303 e. The average Bonchev–Trinajstić information content (AvgIpc) is 2.55. The number of aromatic nitrogens is 2. The Morgan fingerprint density at radius 2 is 2.80 bits per heavy atom. The fourth-order valence-electron chi connectivity index (χ4n) is 0.445. The standard InChI is InChI=1S/C6H8N2O2/c9-6(10)2-1-5-3-7-4-8-5/h3-4H,1-2H2,(H,7,8)(H,9,10)/i1D2,2D2. The van der Waals surface area contributed by atoms with Crippen LogP contribution in [0.25, 0.3) is 0 Å². The summed E-state index contributed by atoms with van der Waals surface area (Å²) < 4.78 is 28.9. The Morgan fingerprint density at radius 1 is 2.00 bits per heavy atom. The maximum absolute atomic E-state index is 10.5. The van der Waals surface area contributed by atoms with Crippen molar-refractivity contribution in [3.8, 4) is 0 Å². The van der Waals surface area contributed by atoms with E-state index in [4.69, 9.17) is 10.6 Å². The molecule has 4 heteroatoms. The van der Waals surface area contributed by atoms with Gasteiger partial charge >= 0.3 is 5.97 Å². The van der Waals surface area contributed by atoms with Gasteiger partial charge in [-0.25, -0.2) is 4.98 Å². The minimum Gasteiger partial charge on any atom is -0.481 e. The van der Waals surface area contributed by atoms with E-state index in [1.807, 2.05) is 0 Å². The first kappa shape index (κ1) is 3.18. The van der Waals surface area contributed by atoms with E-state index >= 15 is 0 Å². The van der Waals surface area contributed by atoms with Crippen LogP contribution in [0, 0.1) is 0 Å². The maximum atomic E-state index is 10.5. The van der Waals surface area contributed by atoms with Gasteiger partial charge in [0, 0.05) is 17.4 Å². The molecule has 0 bridgehead atoms. The number of H-pyrrole nitrogens is 1. The molecule has 0 unspecified atom stereocenters. The first-order valence-corrected chi connectivity index (χ1v) is 2.52. The predicted octanol–water partition coefficient (Wildman–Crippen LogP) is 0.427. The van der Waals surface area contributed by atoms with E-state index < -0.39 is 18.7 Å². The lowest BCUT2D eigenvalue weighted by atomic mass is 10.2. The average molecular weight is 144 g/mol. The van der Waals surface area contributed by atoms with Crippen molar-refractivity contribution >= 4 is 5.97 Å². The molecule has 0 saturated carbocycles. The number of hydrogen-bond donors (Lipinski definition) is 2. The van der Waals surface area contributed by atoms with Gasteiger partial charge < -0.3 is 10.1 Å². The van der Waals surface area contributed by atoms with Gasteiger partial charge in [-0.1, -0.05) is 0 Å². The molecule has 0 aromatic carbocycles. The molecule has 1 aromatic heterocycles. The number of nitrogens with zero attached hydrogens (tertiary/aromatic N) is 1. The van der Waals surface area contributed by atoms with Crippen molar-refractivity contribution in [2.24, 2.45) is 0 Å². The summed E-state index contributed by atoms with van der Waals surface area (Å²) in [6.07, 6.45) is -3.43. The van der Waals surface area contributed by atoms with Crippen LogP contribution in [0.4, 0.5) is 0 Å². The molecule has 10 heavy (non-hydrogen) atoms. The molecule has 4 nitrogen and oxygen atoms in total. The monoisotopic (exact) mass is 144 g/mol. The van der Waals surface area contributed by atoms with Crippen molar-refractivity contribution in [2.75, 3.05) is 0 Å². The van der Waals surface area contributed by atoms with Crippen LogP contribution in [0.5, 0.6) is 0 Å². The van der Waals surface area contributed by atoms with Crippen LogP contribution in [0.15, 0.2) is 12.5 Å². The van der Waals surface area contributed by atoms with E-state index in [9.17, 15) is 4.79 Å². The van der Waals surface area contributed by atoms with Gasteiger partial charge in [0.05, 0.1) is 12.7 Å². The quantitative estimate of drug-likeness (QED) is 0.646.